The number of piperazine rings is 1. The van der Waals surface area contributed by atoms with Gasteiger partial charge in [-0.05, 0) is 25.0 Å². The molecular weight excluding hydrogens is 382 g/mol. The lowest BCUT2D eigenvalue weighted by atomic mass is 9.95. The van der Waals surface area contributed by atoms with Crippen LogP contribution >= 0.6 is 11.8 Å². The van der Waals surface area contributed by atoms with Crippen LogP contribution < -0.4 is 15.1 Å². The smallest absolute Gasteiger partial charge is 0.230 e. The molecule has 4 rings (SSSR count). The Balaban J connectivity index is 1.27. The van der Waals surface area contributed by atoms with E-state index < -0.39 is 0 Å². The first-order chi connectivity index (χ1) is 14.3. The first kappa shape index (κ1) is 20.0. The third-order valence-corrected chi connectivity index (χ3v) is 6.60. The average molecular weight is 412 g/mol. The van der Waals surface area contributed by atoms with E-state index >= 15 is 0 Å². The number of nitrogens with zero attached hydrogens (tertiary/aromatic N) is 4. The summed E-state index contributed by atoms with van der Waals surface area (Å²) in [7, 11) is 0. The number of anilines is 2. The second-order valence-corrected chi connectivity index (χ2v) is 8.71. The zero-order valence-electron chi connectivity index (χ0n) is 16.8. The second-order valence-electron chi connectivity index (χ2n) is 7.72. The molecule has 1 saturated heterocycles. The first-order valence-electron chi connectivity index (χ1n) is 10.6. The predicted octanol–water partition coefficient (Wildman–Crippen LogP) is 3.34. The highest BCUT2D eigenvalue weighted by Crippen LogP contribution is 2.23. The van der Waals surface area contributed by atoms with Gasteiger partial charge in [0, 0.05) is 44.0 Å². The SMILES string of the molecule is O=C(CSc1cc(N2CCN(c3ccccc3)CC2)ncn1)NC1CCCCC1. The van der Waals surface area contributed by atoms with Crippen molar-refractivity contribution in [2.75, 3.05) is 41.7 Å². The number of hydrogen-bond donors (Lipinski definition) is 1. The Bertz CT molecular complexity index is 789. The molecule has 7 heteroatoms. The van der Waals surface area contributed by atoms with E-state index in [1.54, 1.807) is 6.33 Å². The molecule has 29 heavy (non-hydrogen) atoms. The second kappa shape index (κ2) is 9.96. The van der Waals surface area contributed by atoms with Crippen molar-refractivity contribution in [2.45, 2.75) is 43.2 Å². The molecule has 0 unspecified atom stereocenters. The van der Waals surface area contributed by atoms with Gasteiger partial charge in [0.2, 0.25) is 5.91 Å². The zero-order valence-corrected chi connectivity index (χ0v) is 17.6. The molecule has 1 amide bonds. The van der Waals surface area contributed by atoms with E-state index in [4.69, 9.17) is 0 Å². The Kier molecular flexibility index (Phi) is 6.87. The Labute approximate surface area is 177 Å². The van der Waals surface area contributed by atoms with Crippen molar-refractivity contribution in [3.8, 4) is 0 Å². The molecule has 0 atom stereocenters. The summed E-state index contributed by atoms with van der Waals surface area (Å²) in [4.78, 5) is 25.8. The first-order valence-corrected chi connectivity index (χ1v) is 11.6. The van der Waals surface area contributed by atoms with E-state index in [0.717, 1.165) is 49.9 Å². The van der Waals surface area contributed by atoms with Gasteiger partial charge in [-0.1, -0.05) is 49.2 Å². The molecular formula is C22H29N5OS. The molecule has 2 heterocycles. The summed E-state index contributed by atoms with van der Waals surface area (Å²) in [5, 5.41) is 4.03. The summed E-state index contributed by atoms with van der Waals surface area (Å²) in [6, 6.07) is 12.9. The maximum Gasteiger partial charge on any atom is 0.230 e. The van der Waals surface area contributed by atoms with Crippen molar-refractivity contribution in [3.63, 3.8) is 0 Å². The Morgan fingerprint density at radius 1 is 1.00 bits per heavy atom. The Morgan fingerprint density at radius 2 is 1.72 bits per heavy atom. The quantitative estimate of drug-likeness (QED) is 0.581. The van der Waals surface area contributed by atoms with Gasteiger partial charge in [-0.2, -0.15) is 0 Å². The van der Waals surface area contributed by atoms with Gasteiger partial charge in [-0.25, -0.2) is 9.97 Å². The maximum absolute atomic E-state index is 12.3. The van der Waals surface area contributed by atoms with Crippen LogP contribution in [0.25, 0.3) is 0 Å². The number of hydrogen-bond acceptors (Lipinski definition) is 6. The molecule has 2 fully saturated rings. The molecule has 6 nitrogen and oxygen atoms in total. The number of nitrogens with one attached hydrogen (secondary N) is 1. The molecule has 1 aliphatic heterocycles. The van der Waals surface area contributed by atoms with Gasteiger partial charge in [0.15, 0.2) is 0 Å². The number of rotatable bonds is 6. The molecule has 1 saturated carbocycles. The molecule has 0 radical (unpaired) electrons. The van der Waals surface area contributed by atoms with Crippen molar-refractivity contribution in [3.05, 3.63) is 42.7 Å². The zero-order chi connectivity index (χ0) is 19.9. The van der Waals surface area contributed by atoms with Gasteiger partial charge in [-0.15, -0.1) is 0 Å². The van der Waals surface area contributed by atoms with E-state index in [-0.39, 0.29) is 5.91 Å². The van der Waals surface area contributed by atoms with Crippen molar-refractivity contribution in [2.24, 2.45) is 0 Å². The van der Waals surface area contributed by atoms with Crippen molar-refractivity contribution < 1.29 is 4.79 Å². The van der Waals surface area contributed by atoms with Gasteiger partial charge in [0.05, 0.1) is 5.75 Å². The molecule has 0 spiro atoms. The highest BCUT2D eigenvalue weighted by atomic mass is 32.2. The van der Waals surface area contributed by atoms with E-state index in [1.807, 2.05) is 6.07 Å². The molecule has 1 aromatic carbocycles. The lowest BCUT2D eigenvalue weighted by molar-refractivity contribution is -0.119. The number of para-hydroxylation sites is 1. The van der Waals surface area contributed by atoms with Crippen LogP contribution in [-0.4, -0.2) is 53.8 Å². The summed E-state index contributed by atoms with van der Waals surface area (Å²) in [6.07, 6.45) is 7.59. The van der Waals surface area contributed by atoms with Crippen LogP contribution in [0, 0.1) is 0 Å². The van der Waals surface area contributed by atoms with Gasteiger partial charge in [0.1, 0.15) is 17.2 Å². The number of amides is 1. The van der Waals surface area contributed by atoms with Crippen LogP contribution in [0.3, 0.4) is 0 Å². The van der Waals surface area contributed by atoms with Crippen LogP contribution in [0.2, 0.25) is 0 Å². The number of benzene rings is 1. The molecule has 1 aliphatic carbocycles. The normalized spacial score (nSPS) is 17.9. The van der Waals surface area contributed by atoms with Crippen molar-refractivity contribution >= 4 is 29.2 Å². The van der Waals surface area contributed by atoms with E-state index in [1.165, 1.54) is 36.7 Å². The van der Waals surface area contributed by atoms with E-state index in [9.17, 15) is 4.79 Å². The van der Waals surface area contributed by atoms with Gasteiger partial charge in [-0.3, -0.25) is 4.79 Å². The van der Waals surface area contributed by atoms with Crippen LogP contribution in [0.4, 0.5) is 11.5 Å². The Hall–Kier alpha value is -2.28. The molecule has 0 bridgehead atoms. The van der Waals surface area contributed by atoms with Crippen molar-refractivity contribution in [1.82, 2.24) is 15.3 Å². The average Bonchev–Trinajstić information content (AvgIpc) is 2.79. The largest absolute Gasteiger partial charge is 0.368 e. The maximum atomic E-state index is 12.3. The molecule has 2 aromatic rings. The molecule has 1 aromatic heterocycles. The standard InChI is InChI=1S/C22H29N5OS/c28-21(25-18-7-3-1-4-8-18)16-29-22-15-20(23-17-24-22)27-13-11-26(12-14-27)19-9-5-2-6-10-19/h2,5-6,9-10,15,17-18H,1,3-4,7-8,11-14,16H2,(H,25,28). The summed E-state index contributed by atoms with van der Waals surface area (Å²) >= 11 is 1.49. The summed E-state index contributed by atoms with van der Waals surface area (Å²) in [5.74, 6) is 1.47. The third kappa shape index (κ3) is 5.63. The highest BCUT2D eigenvalue weighted by molar-refractivity contribution is 7.99. The van der Waals surface area contributed by atoms with Crippen LogP contribution in [0.1, 0.15) is 32.1 Å². The highest BCUT2D eigenvalue weighted by Gasteiger charge is 2.19. The fourth-order valence-corrected chi connectivity index (χ4v) is 4.74. The van der Waals surface area contributed by atoms with E-state index in [2.05, 4.69) is 55.4 Å². The summed E-state index contributed by atoms with van der Waals surface area (Å²) < 4.78 is 0. The fraction of sp³-hybridized carbons (Fsp3) is 0.500. The number of aromatic nitrogens is 2. The summed E-state index contributed by atoms with van der Waals surface area (Å²) in [5.41, 5.74) is 1.27. The minimum Gasteiger partial charge on any atom is -0.368 e. The fourth-order valence-electron chi connectivity index (χ4n) is 4.07. The lowest BCUT2D eigenvalue weighted by Gasteiger charge is -2.36. The van der Waals surface area contributed by atoms with Crippen molar-refractivity contribution in [1.29, 1.82) is 0 Å². The van der Waals surface area contributed by atoms with Gasteiger partial charge < -0.3 is 15.1 Å². The Morgan fingerprint density at radius 3 is 2.48 bits per heavy atom. The molecule has 1 N–H and O–H groups in total. The third-order valence-electron chi connectivity index (χ3n) is 5.67. The number of carbonyl (C=O) groups excluding carboxylic acids is 1. The van der Waals surface area contributed by atoms with Gasteiger partial charge in [0.25, 0.3) is 0 Å². The topological polar surface area (TPSA) is 61.4 Å². The monoisotopic (exact) mass is 411 g/mol. The van der Waals surface area contributed by atoms with Crippen LogP contribution in [-0.2, 0) is 4.79 Å². The molecule has 154 valence electrons. The predicted molar refractivity (Wildman–Crippen MR) is 119 cm³/mol. The molecule has 2 aliphatic rings. The van der Waals surface area contributed by atoms with Crippen LogP contribution in [0.15, 0.2) is 47.8 Å². The minimum atomic E-state index is 0.110. The number of thioether (sulfide) groups is 1. The number of carbonyl (C=O) groups is 1. The summed E-state index contributed by atoms with van der Waals surface area (Å²) in [6.45, 7) is 3.80. The van der Waals surface area contributed by atoms with Gasteiger partial charge >= 0.3 is 0 Å². The lowest BCUT2D eigenvalue weighted by Crippen LogP contribution is -2.46. The van der Waals surface area contributed by atoms with E-state index in [0.29, 0.717) is 11.8 Å². The van der Waals surface area contributed by atoms with Crippen LogP contribution in [0.5, 0.6) is 0 Å². The minimum absolute atomic E-state index is 0.110.